The number of aliphatic hydroxyl groups is 1. The minimum Gasteiger partial charge on any atom is -0.384 e. The Bertz CT molecular complexity index is 360. The lowest BCUT2D eigenvalue weighted by Gasteiger charge is -2.34. The van der Waals surface area contributed by atoms with Crippen LogP contribution in [0.15, 0.2) is 18.2 Å². The summed E-state index contributed by atoms with van der Waals surface area (Å²) in [6, 6.07) is 6.25. The Morgan fingerprint density at radius 3 is 2.44 bits per heavy atom. The van der Waals surface area contributed by atoms with Gasteiger partial charge in [-0.2, -0.15) is 0 Å². The van der Waals surface area contributed by atoms with Gasteiger partial charge >= 0.3 is 0 Å². The first kappa shape index (κ1) is 13.2. The maximum atomic E-state index is 10.8. The Labute approximate surface area is 98.7 Å². The molecule has 0 saturated heterocycles. The number of aryl methyl sites for hydroxylation is 2. The molecule has 0 radical (unpaired) electrons. The summed E-state index contributed by atoms with van der Waals surface area (Å²) in [6.45, 7) is 8.80. The Kier molecular flexibility index (Phi) is 4.11. The molecule has 0 heterocycles. The molecule has 16 heavy (non-hydrogen) atoms. The average Bonchev–Trinajstić information content (AvgIpc) is 2.21. The number of likely N-dealkylation sites (N-methyl/N-ethyl adjacent to an activating group) is 1. The van der Waals surface area contributed by atoms with Crippen molar-refractivity contribution < 1.29 is 5.11 Å². The number of hydrogen-bond donors (Lipinski definition) is 2. The second-order valence-electron chi connectivity index (χ2n) is 4.93. The molecule has 1 atom stereocenters. The van der Waals surface area contributed by atoms with Gasteiger partial charge in [0.05, 0.1) is 0 Å². The lowest BCUT2D eigenvalue weighted by Crippen LogP contribution is -2.42. The maximum Gasteiger partial charge on any atom is 0.104 e. The van der Waals surface area contributed by atoms with E-state index in [9.17, 15) is 5.11 Å². The summed E-state index contributed by atoms with van der Waals surface area (Å²) in [4.78, 5) is 0. The second kappa shape index (κ2) is 4.98. The molecule has 0 bridgehead atoms. The van der Waals surface area contributed by atoms with E-state index in [-0.39, 0.29) is 5.92 Å². The summed E-state index contributed by atoms with van der Waals surface area (Å²) >= 11 is 0. The number of rotatable bonds is 4. The highest BCUT2D eigenvalue weighted by Crippen LogP contribution is 2.31. The van der Waals surface area contributed by atoms with E-state index >= 15 is 0 Å². The van der Waals surface area contributed by atoms with Crippen LogP contribution in [0.25, 0.3) is 0 Å². The van der Waals surface area contributed by atoms with Gasteiger partial charge < -0.3 is 10.4 Å². The summed E-state index contributed by atoms with van der Waals surface area (Å²) in [6.07, 6.45) is 0. The molecule has 2 nitrogen and oxygen atoms in total. The van der Waals surface area contributed by atoms with Crippen LogP contribution in [0.3, 0.4) is 0 Å². The molecule has 90 valence electrons. The van der Waals surface area contributed by atoms with Crippen molar-refractivity contribution in [1.29, 1.82) is 0 Å². The molecule has 1 unspecified atom stereocenters. The van der Waals surface area contributed by atoms with Crippen molar-refractivity contribution in [3.8, 4) is 0 Å². The van der Waals surface area contributed by atoms with E-state index < -0.39 is 5.60 Å². The Morgan fingerprint density at radius 2 is 1.94 bits per heavy atom. The molecule has 0 fully saturated rings. The van der Waals surface area contributed by atoms with Gasteiger partial charge in [-0.25, -0.2) is 0 Å². The number of hydrogen-bond acceptors (Lipinski definition) is 2. The zero-order chi connectivity index (χ0) is 12.3. The normalized spacial score (nSPS) is 15.2. The van der Waals surface area contributed by atoms with Crippen molar-refractivity contribution in [2.24, 2.45) is 5.92 Å². The standard InChI is InChI=1S/C14H23NO/c1-10(2)14(16,9-15-5)13-8-11(3)6-7-12(13)4/h6-8,10,15-16H,9H2,1-5H3. The van der Waals surface area contributed by atoms with Gasteiger partial charge in [0.1, 0.15) is 5.60 Å². The average molecular weight is 221 g/mol. The van der Waals surface area contributed by atoms with Crippen LogP contribution < -0.4 is 5.32 Å². The Balaban J connectivity index is 3.25. The quantitative estimate of drug-likeness (QED) is 0.818. The summed E-state index contributed by atoms with van der Waals surface area (Å²) in [5, 5.41) is 13.9. The fourth-order valence-corrected chi connectivity index (χ4v) is 2.08. The SMILES string of the molecule is CNCC(O)(c1cc(C)ccc1C)C(C)C. The smallest absolute Gasteiger partial charge is 0.104 e. The summed E-state index contributed by atoms with van der Waals surface area (Å²) in [7, 11) is 1.87. The zero-order valence-electron chi connectivity index (χ0n) is 11.0. The van der Waals surface area contributed by atoms with Gasteiger partial charge in [0, 0.05) is 6.54 Å². The zero-order valence-corrected chi connectivity index (χ0v) is 11.0. The third-order valence-corrected chi connectivity index (χ3v) is 3.26. The molecular weight excluding hydrogens is 198 g/mol. The van der Waals surface area contributed by atoms with Crippen LogP contribution in [0.2, 0.25) is 0 Å². The molecule has 0 amide bonds. The van der Waals surface area contributed by atoms with Gasteiger partial charge in [-0.3, -0.25) is 0 Å². The highest BCUT2D eigenvalue weighted by Gasteiger charge is 2.33. The van der Waals surface area contributed by atoms with Crippen LogP contribution >= 0.6 is 0 Å². The van der Waals surface area contributed by atoms with E-state index in [2.05, 4.69) is 51.2 Å². The van der Waals surface area contributed by atoms with Gasteiger partial charge in [0.15, 0.2) is 0 Å². The summed E-state index contributed by atoms with van der Waals surface area (Å²) in [5.74, 6) is 0.181. The largest absolute Gasteiger partial charge is 0.384 e. The molecule has 0 aliphatic heterocycles. The van der Waals surface area contributed by atoms with Gasteiger partial charge in [-0.15, -0.1) is 0 Å². The Hall–Kier alpha value is -0.860. The topological polar surface area (TPSA) is 32.3 Å². The van der Waals surface area contributed by atoms with E-state index in [0.29, 0.717) is 6.54 Å². The first-order valence-electron chi connectivity index (χ1n) is 5.86. The van der Waals surface area contributed by atoms with Crippen molar-refractivity contribution in [3.63, 3.8) is 0 Å². The molecule has 1 aromatic rings. The van der Waals surface area contributed by atoms with Crippen molar-refractivity contribution in [2.75, 3.05) is 13.6 Å². The molecule has 2 heteroatoms. The van der Waals surface area contributed by atoms with E-state index in [0.717, 1.165) is 11.1 Å². The molecule has 1 rings (SSSR count). The van der Waals surface area contributed by atoms with E-state index in [4.69, 9.17) is 0 Å². The summed E-state index contributed by atoms with van der Waals surface area (Å²) < 4.78 is 0. The first-order chi connectivity index (χ1) is 7.41. The van der Waals surface area contributed by atoms with E-state index in [1.807, 2.05) is 7.05 Å². The van der Waals surface area contributed by atoms with Crippen LogP contribution in [0.4, 0.5) is 0 Å². The number of benzene rings is 1. The molecule has 0 saturated carbocycles. The molecule has 1 aromatic carbocycles. The Morgan fingerprint density at radius 1 is 1.31 bits per heavy atom. The number of nitrogens with one attached hydrogen (secondary N) is 1. The minimum atomic E-state index is -0.787. The molecule has 0 aliphatic rings. The molecular formula is C14H23NO. The molecule has 0 aliphatic carbocycles. The highest BCUT2D eigenvalue weighted by molar-refractivity contribution is 5.35. The predicted octanol–water partition coefficient (Wildman–Crippen LogP) is 2.37. The molecule has 0 aromatic heterocycles. The van der Waals surface area contributed by atoms with E-state index in [1.54, 1.807) is 0 Å². The highest BCUT2D eigenvalue weighted by atomic mass is 16.3. The van der Waals surface area contributed by atoms with Crippen molar-refractivity contribution in [3.05, 3.63) is 34.9 Å². The molecule has 2 N–H and O–H groups in total. The van der Waals surface area contributed by atoms with Crippen LogP contribution in [0.1, 0.15) is 30.5 Å². The van der Waals surface area contributed by atoms with Gasteiger partial charge in [0.2, 0.25) is 0 Å². The van der Waals surface area contributed by atoms with Crippen LogP contribution in [-0.4, -0.2) is 18.7 Å². The van der Waals surface area contributed by atoms with Crippen LogP contribution in [-0.2, 0) is 5.60 Å². The summed E-state index contributed by atoms with van der Waals surface area (Å²) in [5.41, 5.74) is 2.59. The van der Waals surface area contributed by atoms with Crippen molar-refractivity contribution in [1.82, 2.24) is 5.32 Å². The van der Waals surface area contributed by atoms with Crippen molar-refractivity contribution >= 4 is 0 Å². The third-order valence-electron chi connectivity index (χ3n) is 3.26. The lowest BCUT2D eigenvalue weighted by atomic mass is 9.80. The predicted molar refractivity (Wildman–Crippen MR) is 68.6 cm³/mol. The fourth-order valence-electron chi connectivity index (χ4n) is 2.08. The third kappa shape index (κ3) is 2.45. The van der Waals surface area contributed by atoms with Crippen molar-refractivity contribution in [2.45, 2.75) is 33.3 Å². The monoisotopic (exact) mass is 221 g/mol. The minimum absolute atomic E-state index is 0.181. The van der Waals surface area contributed by atoms with Crippen LogP contribution in [0.5, 0.6) is 0 Å². The lowest BCUT2D eigenvalue weighted by molar-refractivity contribution is -0.00816. The first-order valence-corrected chi connectivity index (χ1v) is 5.86. The van der Waals surface area contributed by atoms with E-state index in [1.165, 1.54) is 5.56 Å². The van der Waals surface area contributed by atoms with Gasteiger partial charge in [-0.05, 0) is 37.9 Å². The second-order valence-corrected chi connectivity index (χ2v) is 4.93. The van der Waals surface area contributed by atoms with Gasteiger partial charge in [0.25, 0.3) is 0 Å². The maximum absolute atomic E-state index is 10.8. The van der Waals surface area contributed by atoms with Gasteiger partial charge in [-0.1, -0.05) is 37.6 Å². The fraction of sp³-hybridized carbons (Fsp3) is 0.571. The van der Waals surface area contributed by atoms with Crippen LogP contribution in [0, 0.1) is 19.8 Å². The molecule has 0 spiro atoms.